The normalized spacial score (nSPS) is 25.4. The highest BCUT2D eigenvalue weighted by Crippen LogP contribution is 2.27. The number of hydrogen-bond donors (Lipinski definition) is 3. The molecule has 1 aliphatic rings. The Morgan fingerprint density at radius 1 is 1.56 bits per heavy atom. The van der Waals surface area contributed by atoms with E-state index in [1.165, 1.54) is 6.20 Å². The van der Waals surface area contributed by atoms with Crippen molar-refractivity contribution in [2.75, 3.05) is 0 Å². The first kappa shape index (κ1) is 11.6. The second-order valence-corrected chi connectivity index (χ2v) is 6.17. The molecule has 2 rings (SSSR count). The monoisotopic (exact) mass is 243 g/mol. The molecular weight excluding hydrogens is 226 g/mol. The summed E-state index contributed by atoms with van der Waals surface area (Å²) in [5, 5.41) is 0. The third-order valence-electron chi connectivity index (χ3n) is 2.94. The topological polar surface area (TPSA) is 88.0 Å². The third kappa shape index (κ3) is 2.28. The van der Waals surface area contributed by atoms with Crippen molar-refractivity contribution in [3.05, 3.63) is 18.0 Å². The molecule has 90 valence electrons. The average molecular weight is 243 g/mol. The van der Waals surface area contributed by atoms with Crippen LogP contribution in [0.15, 0.2) is 17.2 Å². The molecule has 16 heavy (non-hydrogen) atoms. The lowest BCUT2D eigenvalue weighted by Crippen LogP contribution is -2.43. The van der Waals surface area contributed by atoms with E-state index in [2.05, 4.69) is 16.6 Å². The van der Waals surface area contributed by atoms with E-state index in [1.807, 2.05) is 0 Å². The molecule has 0 spiro atoms. The Balaban J connectivity index is 2.06. The Morgan fingerprint density at radius 3 is 2.75 bits per heavy atom. The summed E-state index contributed by atoms with van der Waals surface area (Å²) >= 11 is 0. The van der Waals surface area contributed by atoms with Crippen molar-refractivity contribution in [2.45, 2.75) is 37.2 Å². The van der Waals surface area contributed by atoms with Crippen molar-refractivity contribution in [3.8, 4) is 0 Å². The van der Waals surface area contributed by atoms with E-state index in [0.717, 1.165) is 18.5 Å². The summed E-state index contributed by atoms with van der Waals surface area (Å²) in [7, 11) is -3.37. The van der Waals surface area contributed by atoms with E-state index in [1.54, 1.807) is 6.07 Å². The standard InChI is InChI=1S/C10H17N3O2S/c1-7-2-8(3-7)13-16(14,15)10-4-9(5-11)12-6-10/h4,6-8,12-13H,2-3,5,11H2,1H3. The van der Waals surface area contributed by atoms with Crippen molar-refractivity contribution < 1.29 is 8.42 Å². The minimum Gasteiger partial charge on any atom is -0.363 e. The Hall–Kier alpha value is -0.850. The molecule has 0 atom stereocenters. The van der Waals surface area contributed by atoms with E-state index in [4.69, 9.17) is 5.73 Å². The number of H-pyrrole nitrogens is 1. The molecule has 4 N–H and O–H groups in total. The average Bonchev–Trinajstić information content (AvgIpc) is 2.63. The molecule has 1 heterocycles. The van der Waals surface area contributed by atoms with Gasteiger partial charge in [-0.2, -0.15) is 0 Å². The van der Waals surface area contributed by atoms with Crippen LogP contribution in [0, 0.1) is 5.92 Å². The summed E-state index contributed by atoms with van der Waals surface area (Å²) in [5.74, 6) is 0.624. The fourth-order valence-electron chi connectivity index (χ4n) is 1.98. The zero-order valence-corrected chi connectivity index (χ0v) is 10.0. The molecule has 1 aromatic heterocycles. The van der Waals surface area contributed by atoms with Gasteiger partial charge in [0.1, 0.15) is 0 Å². The number of aromatic amines is 1. The predicted octanol–water partition coefficient (Wildman–Crippen LogP) is 0.550. The molecule has 1 saturated carbocycles. The molecule has 1 aliphatic carbocycles. The van der Waals surface area contributed by atoms with Crippen LogP contribution in [0.5, 0.6) is 0 Å². The lowest BCUT2D eigenvalue weighted by atomic mass is 9.83. The number of nitrogens with two attached hydrogens (primary N) is 1. The van der Waals surface area contributed by atoms with Crippen LogP contribution in [0.25, 0.3) is 0 Å². The van der Waals surface area contributed by atoms with Gasteiger partial charge < -0.3 is 10.7 Å². The molecule has 1 aromatic rings. The van der Waals surface area contributed by atoms with E-state index in [0.29, 0.717) is 12.5 Å². The van der Waals surface area contributed by atoms with Gasteiger partial charge in [0.2, 0.25) is 10.0 Å². The molecule has 0 radical (unpaired) electrons. The summed E-state index contributed by atoms with van der Waals surface area (Å²) in [6.07, 6.45) is 3.33. The summed E-state index contributed by atoms with van der Waals surface area (Å²) < 4.78 is 26.5. The lowest BCUT2D eigenvalue weighted by molar-refractivity contribution is 0.270. The van der Waals surface area contributed by atoms with Crippen molar-refractivity contribution >= 4 is 10.0 Å². The summed E-state index contributed by atoms with van der Waals surface area (Å²) in [6.45, 7) is 2.43. The van der Waals surface area contributed by atoms with Crippen molar-refractivity contribution in [1.29, 1.82) is 0 Å². The molecule has 0 aliphatic heterocycles. The maximum Gasteiger partial charge on any atom is 0.242 e. The molecule has 1 fully saturated rings. The highest BCUT2D eigenvalue weighted by Gasteiger charge is 2.30. The van der Waals surface area contributed by atoms with Crippen LogP contribution in [0.4, 0.5) is 0 Å². The first-order chi connectivity index (χ1) is 7.51. The lowest BCUT2D eigenvalue weighted by Gasteiger charge is -2.32. The second-order valence-electron chi connectivity index (χ2n) is 4.46. The number of aromatic nitrogens is 1. The van der Waals surface area contributed by atoms with E-state index >= 15 is 0 Å². The summed E-state index contributed by atoms with van der Waals surface area (Å²) in [6, 6.07) is 1.67. The van der Waals surface area contributed by atoms with Gasteiger partial charge in [0, 0.05) is 24.5 Å². The van der Waals surface area contributed by atoms with Crippen molar-refractivity contribution in [1.82, 2.24) is 9.71 Å². The zero-order valence-electron chi connectivity index (χ0n) is 9.23. The molecule has 0 aromatic carbocycles. The molecule has 5 nitrogen and oxygen atoms in total. The first-order valence-electron chi connectivity index (χ1n) is 5.41. The van der Waals surface area contributed by atoms with Crippen molar-refractivity contribution in [2.24, 2.45) is 11.7 Å². The third-order valence-corrected chi connectivity index (χ3v) is 4.44. The Morgan fingerprint density at radius 2 is 2.25 bits per heavy atom. The maximum atomic E-state index is 11.9. The minimum atomic E-state index is -3.37. The summed E-state index contributed by atoms with van der Waals surface area (Å²) in [5.41, 5.74) is 6.14. The largest absolute Gasteiger partial charge is 0.363 e. The smallest absolute Gasteiger partial charge is 0.242 e. The molecule has 0 unspecified atom stereocenters. The van der Waals surface area contributed by atoms with Crippen molar-refractivity contribution in [3.63, 3.8) is 0 Å². The number of hydrogen-bond acceptors (Lipinski definition) is 3. The van der Waals surface area contributed by atoms with Crippen LogP contribution >= 0.6 is 0 Å². The first-order valence-corrected chi connectivity index (χ1v) is 6.89. The highest BCUT2D eigenvalue weighted by atomic mass is 32.2. The highest BCUT2D eigenvalue weighted by molar-refractivity contribution is 7.89. The second kappa shape index (κ2) is 4.20. The van der Waals surface area contributed by atoms with Gasteiger partial charge in [0.05, 0.1) is 4.90 Å². The van der Waals surface area contributed by atoms with Gasteiger partial charge in [-0.15, -0.1) is 0 Å². The molecule has 0 saturated heterocycles. The number of sulfonamides is 1. The number of nitrogens with one attached hydrogen (secondary N) is 2. The fraction of sp³-hybridized carbons (Fsp3) is 0.600. The van der Waals surface area contributed by atoms with Crippen LogP contribution in [0.3, 0.4) is 0 Å². The Labute approximate surface area is 95.5 Å². The van der Waals surface area contributed by atoms with Gasteiger partial charge in [-0.1, -0.05) is 6.92 Å². The molecule has 0 bridgehead atoms. The fourth-order valence-corrected chi connectivity index (χ4v) is 3.26. The molecule has 6 heteroatoms. The van der Waals surface area contributed by atoms with Crippen LogP contribution in [0.1, 0.15) is 25.5 Å². The van der Waals surface area contributed by atoms with Gasteiger partial charge in [0.25, 0.3) is 0 Å². The van der Waals surface area contributed by atoms with Gasteiger partial charge in [-0.25, -0.2) is 13.1 Å². The Kier molecular flexibility index (Phi) is 3.05. The Bertz CT molecular complexity index is 460. The SMILES string of the molecule is CC1CC(NS(=O)(=O)c2c[nH]c(CN)c2)C1. The van der Waals surface area contributed by atoms with Crippen LogP contribution in [0.2, 0.25) is 0 Å². The molecule has 0 amide bonds. The molecular formula is C10H17N3O2S. The maximum absolute atomic E-state index is 11.9. The van der Waals surface area contributed by atoms with E-state index in [-0.39, 0.29) is 10.9 Å². The van der Waals surface area contributed by atoms with Gasteiger partial charge in [0.15, 0.2) is 0 Å². The van der Waals surface area contributed by atoms with Crippen LogP contribution in [-0.2, 0) is 16.6 Å². The van der Waals surface area contributed by atoms with E-state index in [9.17, 15) is 8.42 Å². The summed E-state index contributed by atoms with van der Waals surface area (Å²) in [4.78, 5) is 3.11. The zero-order chi connectivity index (χ0) is 11.8. The quantitative estimate of drug-likeness (QED) is 0.721. The predicted molar refractivity (Wildman–Crippen MR) is 61.2 cm³/mol. The van der Waals surface area contributed by atoms with Gasteiger partial charge in [-0.05, 0) is 24.8 Å². The van der Waals surface area contributed by atoms with Crippen LogP contribution in [-0.4, -0.2) is 19.4 Å². The van der Waals surface area contributed by atoms with Gasteiger partial charge in [-0.3, -0.25) is 0 Å². The van der Waals surface area contributed by atoms with E-state index < -0.39 is 10.0 Å². The minimum absolute atomic E-state index is 0.0937. The van der Waals surface area contributed by atoms with Gasteiger partial charge >= 0.3 is 0 Å². The van der Waals surface area contributed by atoms with Crippen LogP contribution < -0.4 is 10.5 Å². The number of rotatable bonds is 4.